The summed E-state index contributed by atoms with van der Waals surface area (Å²) in [5.74, 6) is 1.63. The zero-order chi connectivity index (χ0) is 23.5. The molecule has 2 heterocycles. The molecule has 2 aromatic carbocycles. The van der Waals surface area contributed by atoms with Crippen LogP contribution in [0.4, 0.5) is 0 Å². The molecule has 0 saturated carbocycles. The van der Waals surface area contributed by atoms with E-state index >= 15 is 0 Å². The fraction of sp³-hybridized carbons (Fsp3) is 0.222. The Kier molecular flexibility index (Phi) is 6.10. The smallest absolute Gasteiger partial charge is 0.138 e. The predicted molar refractivity (Wildman–Crippen MR) is 133 cm³/mol. The first-order valence-electron chi connectivity index (χ1n) is 11.4. The van der Waals surface area contributed by atoms with Gasteiger partial charge in [0.2, 0.25) is 0 Å². The third-order valence-electron chi connectivity index (χ3n) is 6.05. The number of likely N-dealkylation sites (N-methyl/N-ethyl adjacent to an activating group) is 1. The monoisotopic (exact) mass is 453 g/mol. The van der Waals surface area contributed by atoms with Crippen LogP contribution in [0.25, 0.3) is 33.9 Å². The van der Waals surface area contributed by atoms with Crippen LogP contribution in [0.1, 0.15) is 17.5 Å². The Labute approximate surface area is 198 Å². The molecule has 5 rings (SSSR count). The van der Waals surface area contributed by atoms with Crippen molar-refractivity contribution in [2.75, 3.05) is 27.2 Å². The number of aromatic nitrogens is 3. The van der Waals surface area contributed by atoms with Crippen molar-refractivity contribution in [3.05, 3.63) is 78.1 Å². The van der Waals surface area contributed by atoms with Crippen molar-refractivity contribution in [3.63, 3.8) is 0 Å². The maximum atomic E-state index is 9.27. The van der Waals surface area contributed by atoms with E-state index in [1.54, 1.807) is 12.4 Å². The minimum absolute atomic E-state index is 0.643. The third-order valence-corrected chi connectivity index (χ3v) is 6.05. The number of ether oxygens (including phenoxy) is 1. The summed E-state index contributed by atoms with van der Waals surface area (Å²) in [4.78, 5) is 14.8. The maximum Gasteiger partial charge on any atom is 0.138 e. The Morgan fingerprint density at radius 2 is 1.74 bits per heavy atom. The number of imidazole rings is 1. The van der Waals surface area contributed by atoms with Crippen LogP contribution in [-0.4, -0.2) is 58.0 Å². The van der Waals surface area contributed by atoms with E-state index in [9.17, 15) is 5.21 Å². The highest BCUT2D eigenvalue weighted by molar-refractivity contribution is 6.04. The topological polar surface area (TPSA) is 86.6 Å². The molecule has 0 bridgehead atoms. The number of aromatic amines is 1. The Morgan fingerprint density at radius 3 is 2.47 bits per heavy atom. The van der Waals surface area contributed by atoms with Gasteiger partial charge in [0.15, 0.2) is 0 Å². The van der Waals surface area contributed by atoms with Crippen LogP contribution in [0.15, 0.2) is 72.1 Å². The molecule has 7 heteroatoms. The number of pyridine rings is 1. The lowest BCUT2D eigenvalue weighted by molar-refractivity contribution is 0.261. The van der Waals surface area contributed by atoms with Crippen molar-refractivity contribution in [1.82, 2.24) is 19.9 Å². The minimum atomic E-state index is 0.643. The summed E-state index contributed by atoms with van der Waals surface area (Å²) in [5.41, 5.74) is 7.78. The molecule has 0 saturated heterocycles. The predicted octanol–water partition coefficient (Wildman–Crippen LogP) is 4.87. The standard InChI is InChI=1S/C27H27N5O2/c1-32(2)15-16-34-22-7-3-19(4-8-22)27-29-25(18-11-13-28-14-12-18)26(30-27)21-5-9-23-20(17-21)6-10-24(23)31-33/h3-5,7-9,11-14,17,33H,6,10,15-16H2,1-2H3,(H,29,30). The van der Waals surface area contributed by atoms with Crippen molar-refractivity contribution in [2.24, 2.45) is 5.16 Å². The van der Waals surface area contributed by atoms with Crippen LogP contribution in [0.2, 0.25) is 0 Å². The second-order valence-electron chi connectivity index (χ2n) is 8.64. The number of fused-ring (bicyclic) bond motifs is 1. The van der Waals surface area contributed by atoms with Crippen LogP contribution < -0.4 is 4.74 Å². The molecule has 0 fully saturated rings. The molecule has 0 aliphatic heterocycles. The molecule has 0 radical (unpaired) electrons. The average Bonchev–Trinajstić information content (AvgIpc) is 3.49. The van der Waals surface area contributed by atoms with Crippen molar-refractivity contribution in [2.45, 2.75) is 12.8 Å². The molecule has 172 valence electrons. The van der Waals surface area contributed by atoms with E-state index in [1.807, 2.05) is 62.6 Å². The van der Waals surface area contributed by atoms with Gasteiger partial charge < -0.3 is 19.8 Å². The van der Waals surface area contributed by atoms with Gasteiger partial charge in [-0.25, -0.2) is 4.98 Å². The molecule has 2 aromatic heterocycles. The Bertz CT molecular complexity index is 1310. The molecular weight excluding hydrogens is 426 g/mol. The summed E-state index contributed by atoms with van der Waals surface area (Å²) in [5, 5.41) is 12.7. The van der Waals surface area contributed by atoms with Gasteiger partial charge in [-0.3, -0.25) is 4.98 Å². The first kappa shape index (κ1) is 21.9. The van der Waals surface area contributed by atoms with Gasteiger partial charge in [0.25, 0.3) is 0 Å². The number of oxime groups is 1. The highest BCUT2D eigenvalue weighted by Gasteiger charge is 2.21. The fourth-order valence-corrected chi connectivity index (χ4v) is 4.22. The number of nitrogens with zero attached hydrogens (tertiary/aromatic N) is 4. The van der Waals surface area contributed by atoms with Gasteiger partial charge in [-0.05, 0) is 75.0 Å². The number of nitrogens with one attached hydrogen (secondary N) is 1. The van der Waals surface area contributed by atoms with Crippen LogP contribution in [0.5, 0.6) is 5.75 Å². The van der Waals surface area contributed by atoms with E-state index < -0.39 is 0 Å². The molecule has 0 spiro atoms. The summed E-state index contributed by atoms with van der Waals surface area (Å²) < 4.78 is 5.83. The van der Waals surface area contributed by atoms with Gasteiger partial charge in [-0.2, -0.15) is 0 Å². The molecular formula is C27H27N5O2. The number of H-pyrrole nitrogens is 1. The maximum absolute atomic E-state index is 9.27. The lowest BCUT2D eigenvalue weighted by atomic mass is 10.0. The van der Waals surface area contributed by atoms with E-state index in [-0.39, 0.29) is 0 Å². The van der Waals surface area contributed by atoms with Gasteiger partial charge in [0, 0.05) is 41.2 Å². The molecule has 7 nitrogen and oxygen atoms in total. The Morgan fingerprint density at radius 1 is 0.971 bits per heavy atom. The molecule has 2 N–H and O–H groups in total. The first-order valence-corrected chi connectivity index (χ1v) is 11.4. The van der Waals surface area contributed by atoms with Crippen molar-refractivity contribution in [3.8, 4) is 39.7 Å². The molecule has 4 aromatic rings. The molecule has 0 amide bonds. The molecule has 0 unspecified atom stereocenters. The highest BCUT2D eigenvalue weighted by Crippen LogP contribution is 2.35. The minimum Gasteiger partial charge on any atom is -0.492 e. The van der Waals surface area contributed by atoms with Gasteiger partial charge in [0.05, 0.1) is 17.1 Å². The average molecular weight is 454 g/mol. The number of hydrogen-bond donors (Lipinski definition) is 2. The van der Waals surface area contributed by atoms with Crippen LogP contribution in [0.3, 0.4) is 0 Å². The normalized spacial score (nSPS) is 14.0. The lowest BCUT2D eigenvalue weighted by Crippen LogP contribution is -2.19. The Balaban J connectivity index is 1.50. The van der Waals surface area contributed by atoms with Gasteiger partial charge >= 0.3 is 0 Å². The zero-order valence-corrected chi connectivity index (χ0v) is 19.3. The molecule has 0 atom stereocenters. The highest BCUT2D eigenvalue weighted by atomic mass is 16.5. The summed E-state index contributed by atoms with van der Waals surface area (Å²) in [6.07, 6.45) is 5.18. The van der Waals surface area contributed by atoms with E-state index in [4.69, 9.17) is 9.72 Å². The first-order chi connectivity index (χ1) is 16.6. The van der Waals surface area contributed by atoms with Crippen molar-refractivity contribution >= 4 is 5.71 Å². The largest absolute Gasteiger partial charge is 0.492 e. The Hall–Kier alpha value is -3.97. The van der Waals surface area contributed by atoms with Gasteiger partial charge in [-0.15, -0.1) is 0 Å². The molecule has 34 heavy (non-hydrogen) atoms. The van der Waals surface area contributed by atoms with Crippen molar-refractivity contribution < 1.29 is 9.94 Å². The van der Waals surface area contributed by atoms with Gasteiger partial charge in [-0.1, -0.05) is 17.3 Å². The lowest BCUT2D eigenvalue weighted by Gasteiger charge is -2.11. The van der Waals surface area contributed by atoms with E-state index in [0.29, 0.717) is 6.61 Å². The van der Waals surface area contributed by atoms with Crippen LogP contribution in [0, 0.1) is 0 Å². The van der Waals surface area contributed by atoms with Gasteiger partial charge in [0.1, 0.15) is 18.2 Å². The summed E-state index contributed by atoms with van der Waals surface area (Å²) >= 11 is 0. The summed E-state index contributed by atoms with van der Waals surface area (Å²) in [7, 11) is 4.06. The van der Waals surface area contributed by atoms with Crippen molar-refractivity contribution in [1.29, 1.82) is 0 Å². The number of benzene rings is 2. The number of hydrogen-bond acceptors (Lipinski definition) is 6. The third kappa shape index (κ3) is 4.43. The molecule has 1 aliphatic rings. The summed E-state index contributed by atoms with van der Waals surface area (Å²) in [6, 6.07) is 18.2. The molecule has 1 aliphatic carbocycles. The fourth-order valence-electron chi connectivity index (χ4n) is 4.22. The second kappa shape index (κ2) is 9.49. The van der Waals surface area contributed by atoms with E-state index in [0.717, 1.165) is 70.3 Å². The second-order valence-corrected chi connectivity index (χ2v) is 8.64. The van der Waals surface area contributed by atoms with E-state index in [2.05, 4.69) is 26.1 Å². The van der Waals surface area contributed by atoms with E-state index in [1.165, 1.54) is 5.56 Å². The van der Waals surface area contributed by atoms with Crippen LogP contribution in [-0.2, 0) is 6.42 Å². The quantitative estimate of drug-likeness (QED) is 0.308. The van der Waals surface area contributed by atoms with Crippen LogP contribution >= 0.6 is 0 Å². The number of aryl methyl sites for hydroxylation is 1. The zero-order valence-electron chi connectivity index (χ0n) is 19.3. The summed E-state index contributed by atoms with van der Waals surface area (Å²) in [6.45, 7) is 1.51. The number of rotatable bonds is 7. The SMILES string of the molecule is CN(C)CCOc1ccc(-c2nc(-c3ccc4c(c3)CCC4=NO)c(-c3ccncc3)[nH]2)cc1.